The van der Waals surface area contributed by atoms with Crippen molar-refractivity contribution in [1.29, 1.82) is 0 Å². The van der Waals surface area contributed by atoms with E-state index in [2.05, 4.69) is 34.4 Å². The van der Waals surface area contributed by atoms with Crippen LogP contribution in [0, 0.1) is 0 Å². The van der Waals surface area contributed by atoms with Crippen molar-refractivity contribution in [1.82, 2.24) is 15.5 Å². The Morgan fingerprint density at radius 2 is 1.96 bits per heavy atom. The van der Waals surface area contributed by atoms with Gasteiger partial charge in [0.1, 0.15) is 11.9 Å². The SMILES string of the molecule is CCCN1CCC(NC(=NC)NCC(C)Oc2ccccc2)CC1.I. The summed E-state index contributed by atoms with van der Waals surface area (Å²) in [5, 5.41) is 6.92. The van der Waals surface area contributed by atoms with Crippen LogP contribution >= 0.6 is 24.0 Å². The van der Waals surface area contributed by atoms with E-state index in [1.54, 1.807) is 0 Å². The molecule has 1 aromatic carbocycles. The first-order valence-electron chi connectivity index (χ1n) is 9.12. The number of halogens is 1. The number of aliphatic imine (C=N–C) groups is 1. The lowest BCUT2D eigenvalue weighted by atomic mass is 10.1. The molecule has 25 heavy (non-hydrogen) atoms. The van der Waals surface area contributed by atoms with Crippen LogP contribution in [0.15, 0.2) is 35.3 Å². The fourth-order valence-corrected chi connectivity index (χ4v) is 3.02. The normalized spacial score (nSPS) is 17.5. The number of benzene rings is 1. The predicted molar refractivity (Wildman–Crippen MR) is 116 cm³/mol. The monoisotopic (exact) mass is 460 g/mol. The van der Waals surface area contributed by atoms with Gasteiger partial charge in [-0.1, -0.05) is 25.1 Å². The standard InChI is InChI=1S/C19H32N4O.HI/c1-4-12-23-13-10-17(11-14-23)22-19(20-3)21-15-16(2)24-18-8-6-5-7-9-18;/h5-9,16-17H,4,10-15H2,1-3H3,(H2,20,21,22);1H. The van der Waals surface area contributed by atoms with Crippen molar-refractivity contribution >= 4 is 29.9 Å². The van der Waals surface area contributed by atoms with Crippen LogP contribution in [0.5, 0.6) is 5.75 Å². The third-order valence-corrected chi connectivity index (χ3v) is 4.33. The summed E-state index contributed by atoms with van der Waals surface area (Å²) in [5.74, 6) is 1.77. The van der Waals surface area contributed by atoms with E-state index in [0.29, 0.717) is 6.04 Å². The fourth-order valence-electron chi connectivity index (χ4n) is 3.02. The van der Waals surface area contributed by atoms with Crippen molar-refractivity contribution in [2.24, 2.45) is 4.99 Å². The Morgan fingerprint density at radius 1 is 1.28 bits per heavy atom. The van der Waals surface area contributed by atoms with Crippen LogP contribution in [0.25, 0.3) is 0 Å². The van der Waals surface area contributed by atoms with Gasteiger partial charge >= 0.3 is 0 Å². The molecule has 2 rings (SSSR count). The summed E-state index contributed by atoms with van der Waals surface area (Å²) in [6.07, 6.45) is 3.67. The number of nitrogens with one attached hydrogen (secondary N) is 2. The summed E-state index contributed by atoms with van der Waals surface area (Å²) in [5.41, 5.74) is 0. The molecule has 0 aliphatic carbocycles. The highest BCUT2D eigenvalue weighted by molar-refractivity contribution is 14.0. The Kier molecular flexibility index (Phi) is 10.9. The van der Waals surface area contributed by atoms with Crippen molar-refractivity contribution in [2.45, 2.75) is 45.3 Å². The van der Waals surface area contributed by atoms with Gasteiger partial charge in [-0.3, -0.25) is 4.99 Å². The van der Waals surface area contributed by atoms with E-state index in [9.17, 15) is 0 Å². The third kappa shape index (κ3) is 8.27. The van der Waals surface area contributed by atoms with Crippen molar-refractivity contribution < 1.29 is 4.74 Å². The average Bonchev–Trinajstić information content (AvgIpc) is 2.61. The van der Waals surface area contributed by atoms with Crippen LogP contribution in [-0.4, -0.2) is 56.2 Å². The van der Waals surface area contributed by atoms with E-state index >= 15 is 0 Å². The molecule has 1 unspecified atom stereocenters. The van der Waals surface area contributed by atoms with Gasteiger partial charge in [0.25, 0.3) is 0 Å². The van der Waals surface area contributed by atoms with Crippen LogP contribution in [0.2, 0.25) is 0 Å². The molecule has 2 N–H and O–H groups in total. The highest BCUT2D eigenvalue weighted by Gasteiger charge is 2.19. The number of ether oxygens (including phenoxy) is 1. The third-order valence-electron chi connectivity index (χ3n) is 4.33. The molecule has 6 heteroatoms. The molecule has 5 nitrogen and oxygen atoms in total. The molecule has 0 bridgehead atoms. The first-order valence-corrected chi connectivity index (χ1v) is 9.12. The van der Waals surface area contributed by atoms with E-state index in [0.717, 1.165) is 18.3 Å². The summed E-state index contributed by atoms with van der Waals surface area (Å²) in [6, 6.07) is 10.4. The van der Waals surface area contributed by atoms with E-state index in [-0.39, 0.29) is 30.1 Å². The number of para-hydroxylation sites is 1. The minimum absolute atomic E-state index is 0. The highest BCUT2D eigenvalue weighted by atomic mass is 127. The lowest BCUT2D eigenvalue weighted by Crippen LogP contribution is -2.50. The first kappa shape index (κ1) is 22.0. The average molecular weight is 460 g/mol. The summed E-state index contributed by atoms with van der Waals surface area (Å²) < 4.78 is 5.89. The summed E-state index contributed by atoms with van der Waals surface area (Å²) >= 11 is 0. The zero-order valence-corrected chi connectivity index (χ0v) is 18.0. The number of hydrogen-bond donors (Lipinski definition) is 2. The molecule has 0 aromatic heterocycles. The van der Waals surface area contributed by atoms with Gasteiger partial charge in [0.2, 0.25) is 0 Å². The Hall–Kier alpha value is -1.02. The van der Waals surface area contributed by atoms with Gasteiger partial charge in [0, 0.05) is 26.2 Å². The number of rotatable bonds is 7. The molecule has 1 fully saturated rings. The first-order chi connectivity index (χ1) is 11.7. The van der Waals surface area contributed by atoms with Crippen molar-refractivity contribution in [2.75, 3.05) is 33.2 Å². The molecule has 0 saturated carbocycles. The number of likely N-dealkylation sites (tertiary alicyclic amines) is 1. The highest BCUT2D eigenvalue weighted by Crippen LogP contribution is 2.11. The summed E-state index contributed by atoms with van der Waals surface area (Å²) in [6.45, 7) is 8.61. The molecule has 0 radical (unpaired) electrons. The molecule has 1 atom stereocenters. The summed E-state index contributed by atoms with van der Waals surface area (Å²) in [4.78, 5) is 6.89. The maximum Gasteiger partial charge on any atom is 0.191 e. The van der Waals surface area contributed by atoms with Gasteiger partial charge in [-0.05, 0) is 44.9 Å². The van der Waals surface area contributed by atoms with Crippen LogP contribution in [0.3, 0.4) is 0 Å². The lowest BCUT2D eigenvalue weighted by Gasteiger charge is -2.33. The number of nitrogens with zero attached hydrogens (tertiary/aromatic N) is 2. The van der Waals surface area contributed by atoms with Crippen LogP contribution in [-0.2, 0) is 0 Å². The van der Waals surface area contributed by atoms with Crippen LogP contribution < -0.4 is 15.4 Å². The zero-order valence-electron chi connectivity index (χ0n) is 15.7. The van der Waals surface area contributed by atoms with Gasteiger partial charge < -0.3 is 20.3 Å². The lowest BCUT2D eigenvalue weighted by molar-refractivity contribution is 0.205. The molecule has 1 aliphatic rings. The van der Waals surface area contributed by atoms with E-state index < -0.39 is 0 Å². The molecule has 0 spiro atoms. The summed E-state index contributed by atoms with van der Waals surface area (Å²) in [7, 11) is 1.82. The predicted octanol–water partition coefficient (Wildman–Crippen LogP) is 3.11. The van der Waals surface area contributed by atoms with E-state index in [1.807, 2.05) is 37.4 Å². The van der Waals surface area contributed by atoms with Gasteiger partial charge in [-0.2, -0.15) is 0 Å². The number of guanidine groups is 1. The maximum absolute atomic E-state index is 5.89. The van der Waals surface area contributed by atoms with Crippen molar-refractivity contribution in [3.8, 4) is 5.75 Å². The van der Waals surface area contributed by atoms with Gasteiger partial charge in [-0.15, -0.1) is 24.0 Å². The Bertz CT molecular complexity index is 489. The number of piperidine rings is 1. The number of hydrogen-bond acceptors (Lipinski definition) is 3. The molecule has 1 heterocycles. The maximum atomic E-state index is 5.89. The molecule has 0 amide bonds. The Morgan fingerprint density at radius 3 is 2.56 bits per heavy atom. The molecule has 1 aromatic rings. The quantitative estimate of drug-likeness (QED) is 0.373. The molecular formula is C19H33IN4O. The molecule has 142 valence electrons. The molecular weight excluding hydrogens is 427 g/mol. The Balaban J connectivity index is 0.00000312. The van der Waals surface area contributed by atoms with Crippen molar-refractivity contribution in [3.63, 3.8) is 0 Å². The molecule has 1 aliphatic heterocycles. The van der Waals surface area contributed by atoms with Crippen LogP contribution in [0.1, 0.15) is 33.1 Å². The fraction of sp³-hybridized carbons (Fsp3) is 0.632. The largest absolute Gasteiger partial charge is 0.489 e. The second-order valence-corrected chi connectivity index (χ2v) is 6.45. The van der Waals surface area contributed by atoms with E-state index in [4.69, 9.17) is 4.74 Å². The second kappa shape index (κ2) is 12.4. The topological polar surface area (TPSA) is 48.9 Å². The van der Waals surface area contributed by atoms with Crippen molar-refractivity contribution in [3.05, 3.63) is 30.3 Å². The minimum Gasteiger partial charge on any atom is -0.489 e. The Labute approximate surface area is 169 Å². The van der Waals surface area contributed by atoms with E-state index in [1.165, 1.54) is 38.9 Å². The van der Waals surface area contributed by atoms with Gasteiger partial charge in [0.05, 0.1) is 6.54 Å². The van der Waals surface area contributed by atoms with Gasteiger partial charge in [0.15, 0.2) is 5.96 Å². The van der Waals surface area contributed by atoms with Gasteiger partial charge in [-0.25, -0.2) is 0 Å². The molecule has 1 saturated heterocycles. The minimum atomic E-state index is 0. The zero-order chi connectivity index (χ0) is 17.2. The van der Waals surface area contributed by atoms with Crippen LogP contribution in [0.4, 0.5) is 0 Å². The smallest absolute Gasteiger partial charge is 0.191 e. The second-order valence-electron chi connectivity index (χ2n) is 6.45.